The van der Waals surface area contributed by atoms with Gasteiger partial charge in [0.25, 0.3) is 0 Å². The van der Waals surface area contributed by atoms with Crippen molar-refractivity contribution in [3.63, 3.8) is 0 Å². The molecule has 0 unspecified atom stereocenters. The van der Waals surface area contributed by atoms with Crippen molar-refractivity contribution >= 4 is 20.0 Å². The number of rotatable bonds is 9. The Labute approximate surface area is 167 Å². The van der Waals surface area contributed by atoms with E-state index in [1.807, 2.05) is 19.0 Å². The summed E-state index contributed by atoms with van der Waals surface area (Å²) in [4.78, 5) is 5.80. The lowest BCUT2D eigenvalue weighted by Crippen LogP contribution is -2.36. The number of hydrogen-bond donors (Lipinski definition) is 0. The third-order valence-electron chi connectivity index (χ3n) is 4.10. The molecule has 0 atom stereocenters. The number of aromatic nitrogens is 1. The molecule has 0 aliphatic carbocycles. The fourth-order valence-electron chi connectivity index (χ4n) is 2.45. The van der Waals surface area contributed by atoms with Gasteiger partial charge in [0, 0.05) is 46.1 Å². The molecule has 0 aliphatic heterocycles. The molecule has 0 aliphatic rings. The number of sulfonamides is 2. The average molecular weight is 427 g/mol. The first-order valence-corrected chi connectivity index (χ1v) is 11.5. The predicted octanol–water partition coefficient (Wildman–Crippen LogP) is 1.08. The Hall–Kier alpha value is -1.85. The van der Waals surface area contributed by atoms with E-state index in [4.69, 9.17) is 0 Å². The van der Waals surface area contributed by atoms with Crippen molar-refractivity contribution in [2.24, 2.45) is 0 Å². The number of nitrogens with zero attached hydrogens (tertiary/aromatic N) is 4. The summed E-state index contributed by atoms with van der Waals surface area (Å²) in [5, 5.41) is 0. The number of benzene rings is 1. The highest BCUT2D eigenvalue weighted by molar-refractivity contribution is 7.90. The molecule has 28 heavy (non-hydrogen) atoms. The van der Waals surface area contributed by atoms with Crippen molar-refractivity contribution in [1.29, 1.82) is 0 Å². The summed E-state index contributed by atoms with van der Waals surface area (Å²) >= 11 is 0. The van der Waals surface area contributed by atoms with Gasteiger partial charge in [-0.25, -0.2) is 21.1 Å². The molecule has 1 aromatic carbocycles. The second kappa shape index (κ2) is 9.10. The largest absolute Gasteiger partial charge is 0.308 e. The maximum atomic E-state index is 13.3. The van der Waals surface area contributed by atoms with E-state index < -0.39 is 20.0 Å². The van der Waals surface area contributed by atoms with E-state index >= 15 is 0 Å². The standard InChI is InChI=1S/C18H26N4O4S2/c1-20(2)11-12-22(15-16-7-6-10-19-14-16)28(25,26)18-9-5-8-17(13-18)27(23,24)21(3)4/h5-10,13-14H,11-12,15H2,1-4H3. The van der Waals surface area contributed by atoms with Gasteiger partial charge >= 0.3 is 0 Å². The highest BCUT2D eigenvalue weighted by Crippen LogP contribution is 2.22. The van der Waals surface area contributed by atoms with E-state index in [1.165, 1.54) is 42.7 Å². The van der Waals surface area contributed by atoms with Gasteiger partial charge in [-0.1, -0.05) is 12.1 Å². The lowest BCUT2D eigenvalue weighted by molar-refractivity contribution is 0.329. The fraction of sp³-hybridized carbons (Fsp3) is 0.389. The van der Waals surface area contributed by atoms with E-state index in [2.05, 4.69) is 4.98 Å². The lowest BCUT2D eigenvalue weighted by Gasteiger charge is -2.24. The van der Waals surface area contributed by atoms with Gasteiger partial charge in [0.2, 0.25) is 20.0 Å². The minimum absolute atomic E-state index is 0.0573. The highest BCUT2D eigenvalue weighted by atomic mass is 32.2. The highest BCUT2D eigenvalue weighted by Gasteiger charge is 2.27. The predicted molar refractivity (Wildman–Crippen MR) is 108 cm³/mol. The van der Waals surface area contributed by atoms with E-state index in [9.17, 15) is 16.8 Å². The van der Waals surface area contributed by atoms with Crippen LogP contribution in [-0.4, -0.2) is 76.6 Å². The maximum Gasteiger partial charge on any atom is 0.243 e. The quantitative estimate of drug-likeness (QED) is 0.596. The molecule has 0 fully saturated rings. The van der Waals surface area contributed by atoms with E-state index in [0.29, 0.717) is 6.54 Å². The van der Waals surface area contributed by atoms with E-state index in [1.54, 1.807) is 24.5 Å². The summed E-state index contributed by atoms with van der Waals surface area (Å²) in [5.74, 6) is 0. The smallest absolute Gasteiger partial charge is 0.243 e. The van der Waals surface area contributed by atoms with Crippen LogP contribution in [-0.2, 0) is 26.6 Å². The summed E-state index contributed by atoms with van der Waals surface area (Å²) in [6.45, 7) is 0.929. The van der Waals surface area contributed by atoms with Gasteiger partial charge in [0.1, 0.15) is 0 Å². The Bertz CT molecular complexity index is 991. The van der Waals surface area contributed by atoms with Crippen molar-refractivity contribution in [1.82, 2.24) is 18.5 Å². The molecular weight excluding hydrogens is 400 g/mol. The first-order valence-electron chi connectivity index (χ1n) is 8.61. The second-order valence-corrected chi connectivity index (χ2v) is 10.9. The van der Waals surface area contributed by atoms with Gasteiger partial charge in [-0.05, 0) is 43.9 Å². The Balaban J connectivity index is 2.44. The van der Waals surface area contributed by atoms with Gasteiger partial charge in [-0.2, -0.15) is 4.31 Å². The van der Waals surface area contributed by atoms with Crippen molar-refractivity contribution in [3.8, 4) is 0 Å². The van der Waals surface area contributed by atoms with Crippen LogP contribution in [0.4, 0.5) is 0 Å². The lowest BCUT2D eigenvalue weighted by atomic mass is 10.3. The molecule has 0 spiro atoms. The molecule has 1 aromatic heterocycles. The number of pyridine rings is 1. The zero-order valence-corrected chi connectivity index (χ0v) is 18.1. The summed E-state index contributed by atoms with van der Waals surface area (Å²) in [6, 6.07) is 9.00. The molecule has 10 heteroatoms. The Morgan fingerprint density at radius 2 is 1.50 bits per heavy atom. The van der Waals surface area contributed by atoms with Crippen LogP contribution < -0.4 is 0 Å². The zero-order chi connectivity index (χ0) is 20.9. The molecule has 0 bridgehead atoms. The molecular formula is C18H26N4O4S2. The van der Waals surface area contributed by atoms with Gasteiger partial charge in [-0.15, -0.1) is 0 Å². The van der Waals surface area contributed by atoms with Crippen LogP contribution in [0.2, 0.25) is 0 Å². The molecule has 154 valence electrons. The summed E-state index contributed by atoms with van der Waals surface area (Å²) < 4.78 is 53.7. The minimum Gasteiger partial charge on any atom is -0.308 e. The van der Waals surface area contributed by atoms with Crippen molar-refractivity contribution in [2.75, 3.05) is 41.3 Å². The Kier molecular flexibility index (Phi) is 7.29. The number of likely N-dealkylation sites (N-methyl/N-ethyl adjacent to an activating group) is 1. The van der Waals surface area contributed by atoms with Crippen LogP contribution in [0.3, 0.4) is 0 Å². The third-order valence-corrected chi connectivity index (χ3v) is 7.75. The zero-order valence-electron chi connectivity index (χ0n) is 16.5. The summed E-state index contributed by atoms with van der Waals surface area (Å²) in [5.41, 5.74) is 0.752. The van der Waals surface area contributed by atoms with Crippen LogP contribution >= 0.6 is 0 Å². The molecule has 0 saturated heterocycles. The van der Waals surface area contributed by atoms with Gasteiger partial charge in [-0.3, -0.25) is 4.98 Å². The normalized spacial score (nSPS) is 12.8. The Morgan fingerprint density at radius 1 is 0.857 bits per heavy atom. The van der Waals surface area contributed by atoms with Crippen LogP contribution in [0.5, 0.6) is 0 Å². The molecule has 0 saturated carbocycles. The van der Waals surface area contributed by atoms with Gasteiger partial charge in [0.15, 0.2) is 0 Å². The minimum atomic E-state index is -3.91. The summed E-state index contributed by atoms with van der Waals surface area (Å²) in [6.07, 6.45) is 3.24. The van der Waals surface area contributed by atoms with Crippen LogP contribution in [0, 0.1) is 0 Å². The monoisotopic (exact) mass is 426 g/mol. The van der Waals surface area contributed by atoms with Gasteiger partial charge in [0.05, 0.1) is 9.79 Å². The third kappa shape index (κ3) is 5.36. The summed E-state index contributed by atoms with van der Waals surface area (Å²) in [7, 11) is -1.11. The van der Waals surface area contributed by atoms with Crippen LogP contribution in [0.1, 0.15) is 5.56 Å². The molecule has 2 rings (SSSR count). The van der Waals surface area contributed by atoms with Crippen LogP contribution in [0.15, 0.2) is 58.6 Å². The van der Waals surface area contributed by atoms with E-state index in [-0.39, 0.29) is 22.9 Å². The van der Waals surface area contributed by atoms with Crippen molar-refractivity contribution in [2.45, 2.75) is 16.3 Å². The molecule has 1 heterocycles. The Morgan fingerprint density at radius 3 is 2.04 bits per heavy atom. The van der Waals surface area contributed by atoms with E-state index in [0.717, 1.165) is 9.87 Å². The van der Waals surface area contributed by atoms with Gasteiger partial charge < -0.3 is 4.90 Å². The maximum absolute atomic E-state index is 13.3. The first kappa shape index (κ1) is 22.4. The van der Waals surface area contributed by atoms with Crippen molar-refractivity contribution in [3.05, 3.63) is 54.4 Å². The first-order chi connectivity index (χ1) is 13.0. The van der Waals surface area contributed by atoms with Crippen molar-refractivity contribution < 1.29 is 16.8 Å². The molecule has 0 N–H and O–H groups in total. The second-order valence-electron chi connectivity index (χ2n) is 6.77. The molecule has 0 radical (unpaired) electrons. The van der Waals surface area contributed by atoms with Crippen LogP contribution in [0.25, 0.3) is 0 Å². The number of hydrogen-bond acceptors (Lipinski definition) is 6. The molecule has 0 amide bonds. The fourth-order valence-corrected chi connectivity index (χ4v) is 4.93. The molecule has 2 aromatic rings. The topological polar surface area (TPSA) is 90.9 Å². The average Bonchev–Trinajstić information content (AvgIpc) is 2.65. The SMILES string of the molecule is CN(C)CCN(Cc1cccnc1)S(=O)(=O)c1cccc(S(=O)(=O)N(C)C)c1. The molecule has 8 nitrogen and oxygen atoms in total.